The van der Waals surface area contributed by atoms with Crippen molar-refractivity contribution in [3.8, 4) is 11.5 Å². The van der Waals surface area contributed by atoms with E-state index in [4.69, 9.17) is 14.5 Å². The van der Waals surface area contributed by atoms with Crippen LogP contribution in [-0.4, -0.2) is 64.0 Å². The van der Waals surface area contributed by atoms with Gasteiger partial charge in [0.1, 0.15) is 17.3 Å². The zero-order valence-corrected chi connectivity index (χ0v) is 22.0. The molecular weight excluding hydrogens is 492 g/mol. The van der Waals surface area contributed by atoms with Crippen LogP contribution in [0, 0.1) is 5.92 Å². The molecule has 1 aromatic heterocycles. The molecular formula is C27H32N4O5S. The molecule has 0 saturated carbocycles. The molecule has 3 aromatic rings. The number of anilines is 2. The molecule has 2 fully saturated rings. The van der Waals surface area contributed by atoms with Crippen LogP contribution in [0.5, 0.6) is 11.5 Å². The number of pyridine rings is 1. The van der Waals surface area contributed by atoms with Gasteiger partial charge in [-0.25, -0.2) is 13.4 Å². The second-order valence-electron chi connectivity index (χ2n) is 9.51. The molecule has 196 valence electrons. The van der Waals surface area contributed by atoms with Crippen molar-refractivity contribution in [2.75, 3.05) is 50.6 Å². The normalized spacial score (nSPS) is 18.6. The van der Waals surface area contributed by atoms with Gasteiger partial charge in [0.05, 0.1) is 30.5 Å². The Bertz CT molecular complexity index is 1380. The van der Waals surface area contributed by atoms with Crippen LogP contribution in [0.4, 0.5) is 11.5 Å². The number of piperidine rings is 1. The molecule has 2 aromatic carbocycles. The standard InChI is InChI=1S/C27H32N4O5S/c1-35-22-15-21(16-23(17-22)36-2)28-27(32)20-6-5-11-30(18-20)26-10-7-19-14-24(8-9-25(19)29-26)37(33,34)31-12-3-4-13-31/h7-10,14-17,20H,3-6,11-13,18H2,1-2H3,(H,28,32)/t20-/m1/s1. The maximum Gasteiger partial charge on any atom is 0.243 e. The first-order chi connectivity index (χ1) is 17.9. The SMILES string of the molecule is COc1cc(NC(=O)[C@@H]2CCCN(c3ccc4cc(S(=O)(=O)N5CCCC5)ccc4n3)C2)cc(OC)c1. The number of rotatable bonds is 7. The number of carbonyl (C=O) groups is 1. The molecule has 2 aliphatic rings. The minimum Gasteiger partial charge on any atom is -0.497 e. The molecule has 0 aliphatic carbocycles. The van der Waals surface area contributed by atoms with Gasteiger partial charge in [-0.15, -0.1) is 0 Å². The van der Waals surface area contributed by atoms with E-state index in [0.29, 0.717) is 41.7 Å². The predicted octanol–water partition coefficient (Wildman–Crippen LogP) is 3.89. The Morgan fingerprint density at radius 1 is 0.946 bits per heavy atom. The fraction of sp³-hybridized carbons (Fsp3) is 0.407. The topological polar surface area (TPSA) is 101 Å². The first-order valence-corrected chi connectivity index (χ1v) is 14.0. The van der Waals surface area contributed by atoms with Crippen LogP contribution < -0.4 is 19.7 Å². The molecule has 0 bridgehead atoms. The van der Waals surface area contributed by atoms with Crippen LogP contribution in [-0.2, 0) is 14.8 Å². The summed E-state index contributed by atoms with van der Waals surface area (Å²) in [5.41, 5.74) is 1.36. The van der Waals surface area contributed by atoms with Crippen molar-refractivity contribution in [1.29, 1.82) is 0 Å². The number of hydrogen-bond donors (Lipinski definition) is 1. The third-order valence-electron chi connectivity index (χ3n) is 7.08. The summed E-state index contributed by atoms with van der Waals surface area (Å²) in [6, 6.07) is 14.2. The maximum absolute atomic E-state index is 13.1. The molecule has 10 heteroatoms. The molecule has 0 unspecified atom stereocenters. The van der Waals surface area contributed by atoms with Crippen molar-refractivity contribution in [1.82, 2.24) is 9.29 Å². The second kappa shape index (κ2) is 10.5. The Morgan fingerprint density at radius 3 is 2.38 bits per heavy atom. The van der Waals surface area contributed by atoms with Crippen LogP contribution in [0.25, 0.3) is 10.9 Å². The minimum atomic E-state index is -3.48. The smallest absolute Gasteiger partial charge is 0.243 e. The molecule has 9 nitrogen and oxygen atoms in total. The third kappa shape index (κ3) is 5.35. The highest BCUT2D eigenvalue weighted by molar-refractivity contribution is 7.89. The largest absolute Gasteiger partial charge is 0.497 e. The maximum atomic E-state index is 13.1. The fourth-order valence-electron chi connectivity index (χ4n) is 5.03. The van der Waals surface area contributed by atoms with Crippen LogP contribution >= 0.6 is 0 Å². The lowest BCUT2D eigenvalue weighted by Crippen LogP contribution is -2.41. The summed E-state index contributed by atoms with van der Waals surface area (Å²) in [5, 5.41) is 3.78. The minimum absolute atomic E-state index is 0.0578. The van der Waals surface area contributed by atoms with Gasteiger partial charge in [-0.05, 0) is 56.0 Å². The molecule has 1 amide bonds. The predicted molar refractivity (Wildman–Crippen MR) is 143 cm³/mol. The van der Waals surface area contributed by atoms with Crippen molar-refractivity contribution in [3.63, 3.8) is 0 Å². The molecule has 1 atom stereocenters. The zero-order chi connectivity index (χ0) is 26.0. The molecule has 2 saturated heterocycles. The number of hydrogen-bond acceptors (Lipinski definition) is 7. The lowest BCUT2D eigenvalue weighted by atomic mass is 9.97. The van der Waals surface area contributed by atoms with Crippen molar-refractivity contribution in [2.45, 2.75) is 30.6 Å². The van der Waals surface area contributed by atoms with Crippen LogP contribution in [0.15, 0.2) is 53.4 Å². The molecule has 2 aliphatic heterocycles. The van der Waals surface area contributed by atoms with E-state index in [-0.39, 0.29) is 11.8 Å². The number of sulfonamides is 1. The Balaban J connectivity index is 1.30. The summed E-state index contributed by atoms with van der Waals surface area (Å²) < 4.78 is 38.0. The van der Waals surface area contributed by atoms with Crippen molar-refractivity contribution >= 4 is 38.3 Å². The van der Waals surface area contributed by atoms with E-state index in [1.54, 1.807) is 54.9 Å². The first-order valence-electron chi connectivity index (χ1n) is 12.6. The number of aromatic nitrogens is 1. The monoisotopic (exact) mass is 524 g/mol. The Labute approximate surface area is 217 Å². The Kier molecular flexibility index (Phi) is 7.21. The van der Waals surface area contributed by atoms with Crippen molar-refractivity contribution in [2.24, 2.45) is 5.92 Å². The number of amides is 1. The second-order valence-corrected chi connectivity index (χ2v) is 11.4. The highest BCUT2D eigenvalue weighted by Gasteiger charge is 2.29. The highest BCUT2D eigenvalue weighted by atomic mass is 32.2. The lowest BCUT2D eigenvalue weighted by molar-refractivity contribution is -0.120. The molecule has 5 rings (SSSR count). The van der Waals surface area contributed by atoms with E-state index < -0.39 is 10.0 Å². The lowest BCUT2D eigenvalue weighted by Gasteiger charge is -2.33. The number of methoxy groups -OCH3 is 2. The summed E-state index contributed by atoms with van der Waals surface area (Å²) >= 11 is 0. The zero-order valence-electron chi connectivity index (χ0n) is 21.1. The van der Waals surface area contributed by atoms with Gasteiger partial charge in [0, 0.05) is 55.5 Å². The summed E-state index contributed by atoms with van der Waals surface area (Å²) in [6.07, 6.45) is 3.46. The van der Waals surface area contributed by atoms with E-state index in [1.807, 2.05) is 12.1 Å². The number of nitrogens with one attached hydrogen (secondary N) is 1. The number of nitrogens with zero attached hydrogens (tertiary/aromatic N) is 3. The quantitative estimate of drug-likeness (QED) is 0.500. The molecule has 1 N–H and O–H groups in total. The fourth-order valence-corrected chi connectivity index (χ4v) is 6.58. The van der Waals surface area contributed by atoms with E-state index in [9.17, 15) is 13.2 Å². The van der Waals surface area contributed by atoms with Crippen molar-refractivity contribution < 1.29 is 22.7 Å². The Hall–Kier alpha value is -3.37. The Morgan fingerprint density at radius 2 is 1.68 bits per heavy atom. The van der Waals surface area contributed by atoms with E-state index in [0.717, 1.165) is 48.9 Å². The number of carbonyl (C=O) groups excluding carboxylic acids is 1. The molecule has 3 heterocycles. The van der Waals surface area contributed by atoms with Gasteiger partial charge in [-0.2, -0.15) is 4.31 Å². The molecule has 0 radical (unpaired) electrons. The average Bonchev–Trinajstić information content (AvgIpc) is 3.48. The number of fused-ring (bicyclic) bond motifs is 1. The summed E-state index contributed by atoms with van der Waals surface area (Å²) in [4.78, 5) is 20.3. The van der Waals surface area contributed by atoms with Crippen LogP contribution in [0.3, 0.4) is 0 Å². The average molecular weight is 525 g/mol. The first kappa shape index (κ1) is 25.3. The summed E-state index contributed by atoms with van der Waals surface area (Å²) in [5.74, 6) is 1.74. The third-order valence-corrected chi connectivity index (χ3v) is 8.98. The van der Waals surface area contributed by atoms with Gasteiger partial charge in [0.2, 0.25) is 15.9 Å². The van der Waals surface area contributed by atoms with Gasteiger partial charge in [-0.1, -0.05) is 0 Å². The van der Waals surface area contributed by atoms with Gasteiger partial charge in [-0.3, -0.25) is 4.79 Å². The van der Waals surface area contributed by atoms with Gasteiger partial charge in [0.25, 0.3) is 0 Å². The number of ether oxygens (including phenoxy) is 2. The van der Waals surface area contributed by atoms with Gasteiger partial charge >= 0.3 is 0 Å². The van der Waals surface area contributed by atoms with Gasteiger partial charge in [0.15, 0.2) is 0 Å². The summed E-state index contributed by atoms with van der Waals surface area (Å²) in [7, 11) is -0.332. The van der Waals surface area contributed by atoms with E-state index >= 15 is 0 Å². The van der Waals surface area contributed by atoms with Crippen molar-refractivity contribution in [3.05, 3.63) is 48.5 Å². The molecule has 37 heavy (non-hydrogen) atoms. The van der Waals surface area contributed by atoms with Gasteiger partial charge < -0.3 is 19.7 Å². The number of benzene rings is 2. The van der Waals surface area contributed by atoms with Crippen LogP contribution in [0.2, 0.25) is 0 Å². The van der Waals surface area contributed by atoms with E-state index in [2.05, 4.69) is 10.2 Å². The van der Waals surface area contributed by atoms with Crippen LogP contribution in [0.1, 0.15) is 25.7 Å². The van der Waals surface area contributed by atoms with E-state index in [1.165, 1.54) is 0 Å². The summed E-state index contributed by atoms with van der Waals surface area (Å²) in [6.45, 7) is 2.50. The highest BCUT2D eigenvalue weighted by Crippen LogP contribution is 2.29. The molecule has 0 spiro atoms.